The lowest BCUT2D eigenvalue weighted by Crippen LogP contribution is -2.62. The molecule has 5 aliphatic rings. The van der Waals surface area contributed by atoms with E-state index in [1.807, 2.05) is 0 Å². The van der Waals surface area contributed by atoms with Gasteiger partial charge >= 0.3 is 0 Å². The summed E-state index contributed by atoms with van der Waals surface area (Å²) in [6, 6.07) is 0. The summed E-state index contributed by atoms with van der Waals surface area (Å²) in [5.41, 5.74) is 1.21. The van der Waals surface area contributed by atoms with Gasteiger partial charge in [0.1, 0.15) is 26.2 Å². The second-order valence-corrected chi connectivity index (χ2v) is 16.6. The van der Waals surface area contributed by atoms with Crippen molar-refractivity contribution < 1.29 is 13.8 Å². The summed E-state index contributed by atoms with van der Waals surface area (Å²) in [4.78, 5) is 12.8. The highest BCUT2D eigenvalue weighted by molar-refractivity contribution is 5.75. The summed E-state index contributed by atoms with van der Waals surface area (Å²) in [6.07, 6.45) is 19.2. The molecular formula is C35H65N3O+2. The van der Waals surface area contributed by atoms with Gasteiger partial charge in [-0.15, -0.1) is 0 Å². The fourth-order valence-corrected chi connectivity index (χ4v) is 11.5. The van der Waals surface area contributed by atoms with Crippen LogP contribution in [0.2, 0.25) is 0 Å². The van der Waals surface area contributed by atoms with Crippen molar-refractivity contribution in [3.8, 4) is 0 Å². The zero-order chi connectivity index (χ0) is 27.9. The number of fused-ring (bicyclic) bond motifs is 5. The average Bonchev–Trinajstić information content (AvgIpc) is 3.32. The third kappa shape index (κ3) is 5.86. The molecule has 1 N–H and O–H groups in total. The van der Waals surface area contributed by atoms with Crippen LogP contribution in [0.1, 0.15) is 111 Å². The highest BCUT2D eigenvalue weighted by Crippen LogP contribution is 2.69. The number of rotatable bonds is 9. The number of hydrogen-bond acceptors (Lipinski definition) is 1. The topological polar surface area (TPSA) is 29.1 Å². The normalized spacial score (nSPS) is 41.6. The SMILES string of the molecule is CC[C@]12CC[C@H]3[C@@H](CC[C@@H]4CCCC[C@@]43C)[C@@H]1CC[C@@H]2C(C)CCC(=O)NCCC[N+]1(C)CC[N+](C)(C)CC1. The van der Waals surface area contributed by atoms with Gasteiger partial charge in [0.25, 0.3) is 0 Å². The molecule has 0 spiro atoms. The lowest BCUT2D eigenvalue weighted by molar-refractivity contribution is -1.01. The van der Waals surface area contributed by atoms with Gasteiger partial charge in [-0.1, -0.05) is 33.6 Å². The van der Waals surface area contributed by atoms with E-state index in [1.54, 1.807) is 0 Å². The van der Waals surface area contributed by atoms with E-state index < -0.39 is 0 Å². The van der Waals surface area contributed by atoms with Crippen molar-refractivity contribution in [2.75, 3.05) is 60.4 Å². The number of carbonyl (C=O) groups excluding carboxylic acids is 1. The molecule has 5 rings (SSSR count). The first-order valence-corrected chi connectivity index (χ1v) is 17.4. The monoisotopic (exact) mass is 544 g/mol. The van der Waals surface area contributed by atoms with Crippen LogP contribution in [0.15, 0.2) is 0 Å². The minimum atomic E-state index is 0.299. The van der Waals surface area contributed by atoms with Crippen molar-refractivity contribution in [3.63, 3.8) is 0 Å². The Morgan fingerprint density at radius 2 is 1.69 bits per heavy atom. The number of hydrogen-bond donors (Lipinski definition) is 1. The summed E-state index contributed by atoms with van der Waals surface area (Å²) in [6.45, 7) is 14.9. The first-order valence-electron chi connectivity index (χ1n) is 17.4. The molecule has 1 saturated heterocycles. The predicted molar refractivity (Wildman–Crippen MR) is 163 cm³/mol. The molecule has 8 atom stereocenters. The van der Waals surface area contributed by atoms with Gasteiger partial charge in [-0.05, 0) is 111 Å². The number of amides is 1. The molecule has 1 amide bonds. The van der Waals surface area contributed by atoms with E-state index in [9.17, 15) is 4.79 Å². The molecule has 1 aliphatic heterocycles. The maximum atomic E-state index is 12.8. The largest absolute Gasteiger partial charge is 0.356 e. The van der Waals surface area contributed by atoms with Crippen LogP contribution in [0.4, 0.5) is 0 Å². The van der Waals surface area contributed by atoms with E-state index in [4.69, 9.17) is 0 Å². The van der Waals surface area contributed by atoms with Crippen LogP contribution in [0, 0.1) is 46.3 Å². The lowest BCUT2D eigenvalue weighted by Gasteiger charge is -2.61. The standard InChI is InChI=1S/C35H64N3O/c1-7-35-20-18-31-29(14-13-28-11-8-9-19-34(28,31)3)32(35)16-15-30(35)27(2)12-17-33(39)36-21-10-22-38(6)25-23-37(4,5)24-26-38/h27-32H,7-26H2,1-6H3/q+1/p+1/t27?,28-,29+,30+,31-,32-,34-,35+/m0/s1. The summed E-state index contributed by atoms with van der Waals surface area (Å²) < 4.78 is 2.34. The molecular weight excluding hydrogens is 478 g/mol. The quantitative estimate of drug-likeness (QED) is 0.249. The predicted octanol–water partition coefficient (Wildman–Crippen LogP) is 6.88. The molecule has 1 unspecified atom stereocenters. The maximum absolute atomic E-state index is 12.8. The van der Waals surface area contributed by atoms with Crippen molar-refractivity contribution in [3.05, 3.63) is 0 Å². The molecule has 4 nitrogen and oxygen atoms in total. The van der Waals surface area contributed by atoms with Gasteiger partial charge < -0.3 is 14.3 Å². The van der Waals surface area contributed by atoms with Crippen LogP contribution < -0.4 is 5.32 Å². The lowest BCUT2D eigenvalue weighted by atomic mass is 9.44. The van der Waals surface area contributed by atoms with Crippen LogP contribution in [0.3, 0.4) is 0 Å². The number of likely N-dealkylation sites (N-methyl/N-ethyl adjacent to an activating group) is 2. The van der Waals surface area contributed by atoms with Gasteiger partial charge in [0.05, 0.1) is 27.7 Å². The number of quaternary nitrogens is 2. The van der Waals surface area contributed by atoms with Gasteiger partial charge in [0, 0.05) is 19.4 Å². The van der Waals surface area contributed by atoms with E-state index in [0.717, 1.165) is 59.9 Å². The second-order valence-electron chi connectivity index (χ2n) is 16.6. The molecule has 4 aliphatic carbocycles. The summed E-state index contributed by atoms with van der Waals surface area (Å²) in [5, 5.41) is 3.30. The summed E-state index contributed by atoms with van der Waals surface area (Å²) in [5.74, 6) is 5.79. The smallest absolute Gasteiger partial charge is 0.220 e. The van der Waals surface area contributed by atoms with Gasteiger partial charge in [0.2, 0.25) is 5.91 Å². The number of carbonyl (C=O) groups is 1. The fraction of sp³-hybridized carbons (Fsp3) is 0.971. The molecule has 0 aromatic carbocycles. The molecule has 5 fully saturated rings. The van der Waals surface area contributed by atoms with Gasteiger partial charge in [-0.2, -0.15) is 0 Å². The molecule has 0 aromatic heterocycles. The van der Waals surface area contributed by atoms with Crippen molar-refractivity contribution >= 4 is 5.91 Å². The Hall–Kier alpha value is -0.610. The third-order valence-electron chi connectivity index (χ3n) is 14.2. The van der Waals surface area contributed by atoms with Gasteiger partial charge in [-0.25, -0.2) is 0 Å². The Labute approximate surface area is 242 Å². The molecule has 224 valence electrons. The van der Waals surface area contributed by atoms with E-state index in [2.05, 4.69) is 47.2 Å². The van der Waals surface area contributed by atoms with Gasteiger partial charge in [-0.3, -0.25) is 4.79 Å². The molecule has 39 heavy (non-hydrogen) atoms. The van der Waals surface area contributed by atoms with E-state index in [1.165, 1.54) is 108 Å². The molecule has 4 saturated carbocycles. The van der Waals surface area contributed by atoms with Crippen LogP contribution in [-0.4, -0.2) is 75.3 Å². The zero-order valence-electron chi connectivity index (χ0n) is 26.9. The highest BCUT2D eigenvalue weighted by atomic mass is 16.1. The molecule has 0 bridgehead atoms. The van der Waals surface area contributed by atoms with Crippen LogP contribution >= 0.6 is 0 Å². The first kappa shape index (κ1) is 29.9. The fourth-order valence-electron chi connectivity index (χ4n) is 11.5. The van der Waals surface area contributed by atoms with E-state index in [-0.39, 0.29) is 0 Å². The molecule has 1 heterocycles. The van der Waals surface area contributed by atoms with Crippen LogP contribution in [0.25, 0.3) is 0 Å². The van der Waals surface area contributed by atoms with E-state index in [0.29, 0.717) is 22.7 Å². The minimum absolute atomic E-state index is 0.299. The Bertz CT molecular complexity index is 845. The van der Waals surface area contributed by atoms with Crippen molar-refractivity contribution in [1.82, 2.24) is 5.32 Å². The summed E-state index contributed by atoms with van der Waals surface area (Å²) >= 11 is 0. The Kier molecular flexibility index (Phi) is 8.87. The van der Waals surface area contributed by atoms with Crippen LogP contribution in [0.5, 0.6) is 0 Å². The Morgan fingerprint density at radius 3 is 2.44 bits per heavy atom. The maximum Gasteiger partial charge on any atom is 0.220 e. The highest BCUT2D eigenvalue weighted by Gasteiger charge is 2.61. The number of piperazine rings is 1. The first-order chi connectivity index (χ1) is 18.5. The van der Waals surface area contributed by atoms with Crippen molar-refractivity contribution in [1.29, 1.82) is 0 Å². The second kappa shape index (κ2) is 11.6. The molecule has 4 heteroatoms. The van der Waals surface area contributed by atoms with Crippen molar-refractivity contribution in [2.24, 2.45) is 46.3 Å². The van der Waals surface area contributed by atoms with E-state index >= 15 is 0 Å². The molecule has 0 radical (unpaired) electrons. The molecule has 0 aromatic rings. The average molecular weight is 544 g/mol. The third-order valence-corrected chi connectivity index (χ3v) is 14.2. The number of nitrogens with one attached hydrogen (secondary N) is 1. The Morgan fingerprint density at radius 1 is 0.923 bits per heavy atom. The zero-order valence-corrected chi connectivity index (χ0v) is 26.9. The van der Waals surface area contributed by atoms with Crippen LogP contribution in [-0.2, 0) is 4.79 Å². The van der Waals surface area contributed by atoms with Gasteiger partial charge in [0.15, 0.2) is 0 Å². The Balaban J connectivity index is 1.09. The minimum Gasteiger partial charge on any atom is -0.356 e. The van der Waals surface area contributed by atoms with Crippen molar-refractivity contribution in [2.45, 2.75) is 111 Å². The summed E-state index contributed by atoms with van der Waals surface area (Å²) in [7, 11) is 7.12. The number of nitrogens with zero attached hydrogens (tertiary/aromatic N) is 2.